The molecule has 2 heterocycles. The summed E-state index contributed by atoms with van der Waals surface area (Å²) in [7, 11) is 0. The molecule has 1 aliphatic rings. The maximum absolute atomic E-state index is 5.76. The minimum absolute atomic E-state index is 0.446. The van der Waals surface area contributed by atoms with Crippen molar-refractivity contribution in [3.05, 3.63) is 35.9 Å². The van der Waals surface area contributed by atoms with E-state index < -0.39 is 0 Å². The van der Waals surface area contributed by atoms with Crippen molar-refractivity contribution in [3.63, 3.8) is 0 Å². The number of aryl methyl sites for hydroxylation is 1. The van der Waals surface area contributed by atoms with Crippen LogP contribution in [0.2, 0.25) is 0 Å². The Morgan fingerprint density at radius 2 is 2.11 bits per heavy atom. The molecule has 18 heavy (non-hydrogen) atoms. The van der Waals surface area contributed by atoms with Crippen molar-refractivity contribution in [1.29, 1.82) is 0 Å². The van der Waals surface area contributed by atoms with Gasteiger partial charge in [0.15, 0.2) is 0 Å². The number of pyridine rings is 1. The van der Waals surface area contributed by atoms with Gasteiger partial charge in [0.1, 0.15) is 17.4 Å². The number of rotatable bonds is 3. The topological polar surface area (TPSA) is 73.9 Å². The van der Waals surface area contributed by atoms with Crippen LogP contribution in [0.15, 0.2) is 24.4 Å². The second kappa shape index (κ2) is 4.25. The van der Waals surface area contributed by atoms with Crippen LogP contribution in [0.4, 0.5) is 5.82 Å². The van der Waals surface area contributed by atoms with Gasteiger partial charge in [0.2, 0.25) is 5.88 Å². The molecule has 1 fully saturated rings. The van der Waals surface area contributed by atoms with Crippen molar-refractivity contribution in [3.8, 4) is 11.6 Å². The molecule has 3 rings (SSSR count). The number of hydrogen-bond acceptors (Lipinski definition) is 5. The van der Waals surface area contributed by atoms with E-state index in [4.69, 9.17) is 10.5 Å². The number of anilines is 1. The maximum Gasteiger partial charge on any atom is 0.224 e. The second-order valence-corrected chi connectivity index (χ2v) is 4.50. The molecule has 2 N–H and O–H groups in total. The summed E-state index contributed by atoms with van der Waals surface area (Å²) in [6, 6.07) is 5.38. The highest BCUT2D eigenvalue weighted by atomic mass is 16.5. The molecule has 5 nitrogen and oxygen atoms in total. The van der Waals surface area contributed by atoms with E-state index in [1.807, 2.05) is 19.1 Å². The Balaban J connectivity index is 1.85. The summed E-state index contributed by atoms with van der Waals surface area (Å²) in [5, 5.41) is 0. The fraction of sp³-hybridized carbons (Fsp3) is 0.308. The van der Waals surface area contributed by atoms with Gasteiger partial charge in [-0.05, 0) is 31.9 Å². The number of aromatic nitrogens is 3. The van der Waals surface area contributed by atoms with E-state index in [1.165, 1.54) is 0 Å². The predicted molar refractivity (Wildman–Crippen MR) is 67.5 cm³/mol. The average Bonchev–Trinajstić information content (AvgIpc) is 3.15. The Hall–Kier alpha value is -2.17. The zero-order chi connectivity index (χ0) is 12.5. The van der Waals surface area contributed by atoms with E-state index >= 15 is 0 Å². The van der Waals surface area contributed by atoms with E-state index in [1.54, 1.807) is 12.3 Å². The number of nitrogen functional groups attached to an aromatic ring is 1. The Morgan fingerprint density at radius 3 is 2.78 bits per heavy atom. The molecule has 0 aromatic carbocycles. The maximum atomic E-state index is 5.76. The van der Waals surface area contributed by atoms with Crippen molar-refractivity contribution in [2.24, 2.45) is 0 Å². The summed E-state index contributed by atoms with van der Waals surface area (Å²) in [5.41, 5.74) is 6.70. The quantitative estimate of drug-likeness (QED) is 0.894. The van der Waals surface area contributed by atoms with Gasteiger partial charge in [-0.2, -0.15) is 4.98 Å². The molecule has 1 saturated carbocycles. The first kappa shape index (κ1) is 11.0. The highest BCUT2D eigenvalue weighted by molar-refractivity contribution is 5.36. The molecule has 0 bridgehead atoms. The number of nitrogens with zero attached hydrogens (tertiary/aromatic N) is 3. The largest absolute Gasteiger partial charge is 0.437 e. The molecule has 0 aliphatic heterocycles. The summed E-state index contributed by atoms with van der Waals surface area (Å²) in [6.07, 6.45) is 3.94. The standard InChI is InChI=1S/C13H14N4O/c1-8-2-5-10(7-15-8)18-12-6-11(14)16-13(17-12)9-3-4-9/h2,5-7,9H,3-4H2,1H3,(H2,14,16,17). The van der Waals surface area contributed by atoms with Gasteiger partial charge in [0.25, 0.3) is 0 Å². The van der Waals surface area contributed by atoms with Crippen LogP contribution in [0, 0.1) is 6.92 Å². The fourth-order valence-corrected chi connectivity index (χ4v) is 1.67. The molecule has 0 amide bonds. The van der Waals surface area contributed by atoms with Crippen molar-refractivity contribution >= 4 is 5.82 Å². The fourth-order valence-electron chi connectivity index (χ4n) is 1.67. The normalized spacial score (nSPS) is 14.5. The number of nitrogens with two attached hydrogens (primary N) is 1. The first-order valence-corrected chi connectivity index (χ1v) is 5.96. The van der Waals surface area contributed by atoms with Crippen LogP contribution in [-0.2, 0) is 0 Å². The monoisotopic (exact) mass is 242 g/mol. The highest BCUT2D eigenvalue weighted by Crippen LogP contribution is 2.39. The van der Waals surface area contributed by atoms with Crippen molar-refractivity contribution in [2.45, 2.75) is 25.7 Å². The van der Waals surface area contributed by atoms with E-state index in [2.05, 4.69) is 15.0 Å². The third kappa shape index (κ3) is 2.40. The smallest absolute Gasteiger partial charge is 0.224 e. The summed E-state index contributed by atoms with van der Waals surface area (Å²) < 4.78 is 5.64. The van der Waals surface area contributed by atoms with Crippen molar-refractivity contribution in [1.82, 2.24) is 15.0 Å². The van der Waals surface area contributed by atoms with Crippen LogP contribution in [-0.4, -0.2) is 15.0 Å². The zero-order valence-electron chi connectivity index (χ0n) is 10.1. The van der Waals surface area contributed by atoms with Gasteiger partial charge in [0, 0.05) is 17.7 Å². The van der Waals surface area contributed by atoms with E-state index in [0.29, 0.717) is 23.4 Å². The number of ether oxygens (including phenoxy) is 1. The zero-order valence-corrected chi connectivity index (χ0v) is 10.1. The lowest BCUT2D eigenvalue weighted by atomic mass is 10.3. The van der Waals surface area contributed by atoms with Crippen molar-refractivity contribution in [2.75, 3.05) is 5.73 Å². The van der Waals surface area contributed by atoms with Crippen LogP contribution in [0.5, 0.6) is 11.6 Å². The van der Waals surface area contributed by atoms with E-state index in [9.17, 15) is 0 Å². The molecule has 2 aromatic rings. The van der Waals surface area contributed by atoms with Gasteiger partial charge in [-0.15, -0.1) is 0 Å². The van der Waals surface area contributed by atoms with Gasteiger partial charge in [-0.1, -0.05) is 0 Å². The predicted octanol–water partition coefficient (Wildman–Crippen LogP) is 2.43. The first-order chi connectivity index (χ1) is 8.70. The third-order valence-electron chi connectivity index (χ3n) is 2.79. The molecule has 1 aliphatic carbocycles. The van der Waals surface area contributed by atoms with Gasteiger partial charge in [-0.25, -0.2) is 4.98 Å². The summed E-state index contributed by atoms with van der Waals surface area (Å²) in [6.45, 7) is 1.93. The molecular weight excluding hydrogens is 228 g/mol. The van der Waals surface area contributed by atoms with Gasteiger partial charge in [0.05, 0.1) is 6.20 Å². The second-order valence-electron chi connectivity index (χ2n) is 4.50. The Kier molecular flexibility index (Phi) is 2.59. The lowest BCUT2D eigenvalue weighted by Crippen LogP contribution is -2.00. The molecule has 0 spiro atoms. The molecule has 5 heteroatoms. The molecule has 0 atom stereocenters. The molecule has 0 unspecified atom stereocenters. The van der Waals surface area contributed by atoms with Gasteiger partial charge < -0.3 is 10.5 Å². The lowest BCUT2D eigenvalue weighted by molar-refractivity contribution is 0.456. The van der Waals surface area contributed by atoms with Crippen LogP contribution in [0.3, 0.4) is 0 Å². The van der Waals surface area contributed by atoms with Crippen LogP contribution < -0.4 is 10.5 Å². The minimum atomic E-state index is 0.446. The van der Waals surface area contributed by atoms with Crippen LogP contribution >= 0.6 is 0 Å². The van der Waals surface area contributed by atoms with Gasteiger partial charge in [-0.3, -0.25) is 4.98 Å². The van der Waals surface area contributed by atoms with E-state index in [-0.39, 0.29) is 0 Å². The Labute approximate surface area is 105 Å². The van der Waals surface area contributed by atoms with E-state index in [0.717, 1.165) is 24.4 Å². The summed E-state index contributed by atoms with van der Waals surface area (Å²) in [5.74, 6) is 2.81. The lowest BCUT2D eigenvalue weighted by Gasteiger charge is -2.06. The average molecular weight is 242 g/mol. The van der Waals surface area contributed by atoms with Crippen LogP contribution in [0.25, 0.3) is 0 Å². The Morgan fingerprint density at radius 1 is 1.28 bits per heavy atom. The highest BCUT2D eigenvalue weighted by Gasteiger charge is 2.27. The molecular formula is C13H14N4O. The molecule has 92 valence electrons. The first-order valence-electron chi connectivity index (χ1n) is 5.96. The molecule has 0 radical (unpaired) electrons. The third-order valence-corrected chi connectivity index (χ3v) is 2.79. The SMILES string of the molecule is Cc1ccc(Oc2cc(N)nc(C3CC3)n2)cn1. The van der Waals surface area contributed by atoms with Crippen molar-refractivity contribution < 1.29 is 4.74 Å². The molecule has 0 saturated heterocycles. The van der Waals surface area contributed by atoms with Gasteiger partial charge >= 0.3 is 0 Å². The Bertz CT molecular complexity index is 564. The number of hydrogen-bond donors (Lipinski definition) is 1. The van der Waals surface area contributed by atoms with Crippen LogP contribution in [0.1, 0.15) is 30.3 Å². The summed E-state index contributed by atoms with van der Waals surface area (Å²) in [4.78, 5) is 12.8. The minimum Gasteiger partial charge on any atom is -0.437 e. The molecule has 2 aromatic heterocycles. The summed E-state index contributed by atoms with van der Waals surface area (Å²) >= 11 is 0.